The standard InChI is InChI=1S/C12H15N3O/c1-15-8-11(12(7-13)14-15)9-3-5-10(16-2)6-4-9/h3-6,8H,7,13H2,1-2H3. The van der Waals surface area contributed by atoms with Crippen molar-refractivity contribution in [1.29, 1.82) is 0 Å². The van der Waals surface area contributed by atoms with E-state index in [4.69, 9.17) is 10.5 Å². The number of hydrogen-bond donors (Lipinski definition) is 1. The lowest BCUT2D eigenvalue weighted by atomic mass is 10.1. The maximum atomic E-state index is 5.66. The number of rotatable bonds is 3. The van der Waals surface area contributed by atoms with Crippen LogP contribution in [-0.2, 0) is 13.6 Å². The molecule has 0 saturated carbocycles. The Bertz CT molecular complexity index is 474. The summed E-state index contributed by atoms with van der Waals surface area (Å²) in [6.45, 7) is 0.447. The molecule has 1 heterocycles. The third-order valence-electron chi connectivity index (χ3n) is 2.50. The van der Waals surface area contributed by atoms with Crippen LogP contribution in [0.1, 0.15) is 5.69 Å². The van der Waals surface area contributed by atoms with E-state index in [0.29, 0.717) is 6.54 Å². The number of benzene rings is 1. The first-order valence-corrected chi connectivity index (χ1v) is 5.11. The summed E-state index contributed by atoms with van der Waals surface area (Å²) in [6, 6.07) is 7.88. The molecular weight excluding hydrogens is 202 g/mol. The Morgan fingerprint density at radius 1 is 1.31 bits per heavy atom. The summed E-state index contributed by atoms with van der Waals surface area (Å²) < 4.78 is 6.90. The van der Waals surface area contributed by atoms with E-state index < -0.39 is 0 Å². The van der Waals surface area contributed by atoms with Gasteiger partial charge in [-0.25, -0.2) is 0 Å². The van der Waals surface area contributed by atoms with Crippen LogP contribution in [0.5, 0.6) is 5.75 Å². The Hall–Kier alpha value is -1.81. The zero-order valence-corrected chi connectivity index (χ0v) is 9.47. The number of hydrogen-bond acceptors (Lipinski definition) is 3. The van der Waals surface area contributed by atoms with Gasteiger partial charge in [0, 0.05) is 25.4 Å². The Labute approximate surface area is 94.6 Å². The van der Waals surface area contributed by atoms with Gasteiger partial charge in [-0.05, 0) is 17.7 Å². The highest BCUT2D eigenvalue weighted by Crippen LogP contribution is 2.24. The van der Waals surface area contributed by atoms with Crippen molar-refractivity contribution in [2.24, 2.45) is 12.8 Å². The van der Waals surface area contributed by atoms with E-state index in [1.165, 1.54) is 0 Å². The van der Waals surface area contributed by atoms with Gasteiger partial charge in [-0.3, -0.25) is 4.68 Å². The molecule has 0 spiro atoms. The van der Waals surface area contributed by atoms with Gasteiger partial charge in [0.15, 0.2) is 0 Å². The molecule has 0 aliphatic rings. The first-order chi connectivity index (χ1) is 7.74. The summed E-state index contributed by atoms with van der Waals surface area (Å²) in [5, 5.41) is 4.31. The van der Waals surface area contributed by atoms with E-state index >= 15 is 0 Å². The lowest BCUT2D eigenvalue weighted by molar-refractivity contribution is 0.415. The SMILES string of the molecule is COc1ccc(-c2cn(C)nc2CN)cc1. The van der Waals surface area contributed by atoms with Crippen molar-refractivity contribution in [1.82, 2.24) is 9.78 Å². The van der Waals surface area contributed by atoms with Gasteiger partial charge in [-0.1, -0.05) is 12.1 Å². The molecule has 1 aromatic carbocycles. The fourth-order valence-electron chi connectivity index (χ4n) is 1.70. The second-order valence-electron chi connectivity index (χ2n) is 3.60. The van der Waals surface area contributed by atoms with Crippen LogP contribution >= 0.6 is 0 Å². The average Bonchev–Trinajstić information content (AvgIpc) is 2.70. The Balaban J connectivity index is 2.41. The second-order valence-corrected chi connectivity index (χ2v) is 3.60. The average molecular weight is 217 g/mol. The van der Waals surface area contributed by atoms with E-state index in [9.17, 15) is 0 Å². The highest BCUT2D eigenvalue weighted by atomic mass is 16.5. The number of aromatic nitrogens is 2. The number of methoxy groups -OCH3 is 1. The van der Waals surface area contributed by atoms with Gasteiger partial charge in [-0.2, -0.15) is 5.10 Å². The van der Waals surface area contributed by atoms with Crippen molar-refractivity contribution in [2.45, 2.75) is 6.54 Å². The molecular formula is C12H15N3O. The van der Waals surface area contributed by atoms with Crippen LogP contribution in [0.2, 0.25) is 0 Å². The molecule has 0 radical (unpaired) electrons. The van der Waals surface area contributed by atoms with Gasteiger partial charge in [0.2, 0.25) is 0 Å². The lowest BCUT2D eigenvalue weighted by Crippen LogP contribution is -1.99. The van der Waals surface area contributed by atoms with E-state index in [2.05, 4.69) is 5.10 Å². The second kappa shape index (κ2) is 4.37. The molecule has 1 aromatic heterocycles. The molecule has 0 amide bonds. The predicted octanol–water partition coefficient (Wildman–Crippen LogP) is 1.55. The minimum absolute atomic E-state index is 0.447. The van der Waals surface area contributed by atoms with E-state index in [0.717, 1.165) is 22.6 Å². The van der Waals surface area contributed by atoms with Gasteiger partial charge in [0.25, 0.3) is 0 Å². The molecule has 4 heteroatoms. The summed E-state index contributed by atoms with van der Waals surface area (Å²) >= 11 is 0. The lowest BCUT2D eigenvalue weighted by Gasteiger charge is -2.02. The summed E-state index contributed by atoms with van der Waals surface area (Å²) in [7, 11) is 3.55. The minimum atomic E-state index is 0.447. The molecule has 2 rings (SSSR count). The van der Waals surface area contributed by atoms with Crippen LogP contribution in [0, 0.1) is 0 Å². The summed E-state index contributed by atoms with van der Waals surface area (Å²) in [4.78, 5) is 0. The van der Waals surface area contributed by atoms with Crippen LogP contribution in [0.3, 0.4) is 0 Å². The first kappa shape index (κ1) is 10.7. The molecule has 0 unspecified atom stereocenters. The van der Waals surface area contributed by atoms with Gasteiger partial charge in [-0.15, -0.1) is 0 Å². The molecule has 16 heavy (non-hydrogen) atoms. The van der Waals surface area contributed by atoms with Gasteiger partial charge in [0.1, 0.15) is 5.75 Å². The van der Waals surface area contributed by atoms with Crippen LogP contribution in [-0.4, -0.2) is 16.9 Å². The highest BCUT2D eigenvalue weighted by molar-refractivity contribution is 5.66. The van der Waals surface area contributed by atoms with Crippen molar-refractivity contribution in [2.75, 3.05) is 7.11 Å². The molecule has 0 atom stereocenters. The molecule has 0 aliphatic carbocycles. The normalized spacial score (nSPS) is 10.4. The van der Waals surface area contributed by atoms with E-state index in [1.54, 1.807) is 11.8 Å². The highest BCUT2D eigenvalue weighted by Gasteiger charge is 2.08. The summed E-state index contributed by atoms with van der Waals surface area (Å²) in [5.41, 5.74) is 8.75. The van der Waals surface area contributed by atoms with Crippen molar-refractivity contribution in [3.05, 3.63) is 36.2 Å². The molecule has 0 saturated heterocycles. The molecule has 4 nitrogen and oxygen atoms in total. The van der Waals surface area contributed by atoms with Crippen LogP contribution in [0.15, 0.2) is 30.5 Å². The molecule has 2 N–H and O–H groups in total. The molecule has 84 valence electrons. The summed E-state index contributed by atoms with van der Waals surface area (Å²) in [5.74, 6) is 0.849. The van der Waals surface area contributed by atoms with Crippen LogP contribution in [0.25, 0.3) is 11.1 Å². The Kier molecular flexibility index (Phi) is 2.92. The third kappa shape index (κ3) is 1.92. The van der Waals surface area contributed by atoms with Gasteiger partial charge < -0.3 is 10.5 Å². The van der Waals surface area contributed by atoms with Crippen molar-refractivity contribution in [3.63, 3.8) is 0 Å². The number of ether oxygens (including phenoxy) is 1. The predicted molar refractivity (Wildman–Crippen MR) is 63.1 cm³/mol. The van der Waals surface area contributed by atoms with Crippen molar-refractivity contribution < 1.29 is 4.74 Å². The monoisotopic (exact) mass is 217 g/mol. The molecule has 0 fully saturated rings. The third-order valence-corrected chi connectivity index (χ3v) is 2.50. The number of nitrogens with two attached hydrogens (primary N) is 1. The smallest absolute Gasteiger partial charge is 0.118 e. The van der Waals surface area contributed by atoms with Crippen LogP contribution in [0.4, 0.5) is 0 Å². The van der Waals surface area contributed by atoms with E-state index in [1.807, 2.05) is 37.5 Å². The van der Waals surface area contributed by atoms with Gasteiger partial charge >= 0.3 is 0 Å². The number of aryl methyl sites for hydroxylation is 1. The maximum Gasteiger partial charge on any atom is 0.118 e. The van der Waals surface area contributed by atoms with Crippen molar-refractivity contribution in [3.8, 4) is 16.9 Å². The quantitative estimate of drug-likeness (QED) is 0.848. The minimum Gasteiger partial charge on any atom is -0.497 e. The van der Waals surface area contributed by atoms with Crippen molar-refractivity contribution >= 4 is 0 Å². The molecule has 0 aliphatic heterocycles. The Morgan fingerprint density at radius 2 is 2.00 bits per heavy atom. The van der Waals surface area contributed by atoms with Crippen LogP contribution < -0.4 is 10.5 Å². The topological polar surface area (TPSA) is 53.1 Å². The molecule has 0 bridgehead atoms. The summed E-state index contributed by atoms with van der Waals surface area (Å²) in [6.07, 6.45) is 1.98. The van der Waals surface area contributed by atoms with E-state index in [-0.39, 0.29) is 0 Å². The fourth-order valence-corrected chi connectivity index (χ4v) is 1.70. The number of nitrogens with zero attached hydrogens (tertiary/aromatic N) is 2. The Morgan fingerprint density at radius 3 is 2.56 bits per heavy atom. The van der Waals surface area contributed by atoms with Gasteiger partial charge in [0.05, 0.1) is 12.8 Å². The first-order valence-electron chi connectivity index (χ1n) is 5.11. The fraction of sp³-hybridized carbons (Fsp3) is 0.250. The maximum absolute atomic E-state index is 5.66. The zero-order chi connectivity index (χ0) is 11.5. The zero-order valence-electron chi connectivity index (χ0n) is 9.47. The molecule has 2 aromatic rings. The largest absolute Gasteiger partial charge is 0.497 e.